The Bertz CT molecular complexity index is 622. The van der Waals surface area contributed by atoms with Crippen molar-refractivity contribution in [2.45, 2.75) is 19.4 Å². The summed E-state index contributed by atoms with van der Waals surface area (Å²) in [4.78, 5) is 30.2. The number of anilines is 1. The highest BCUT2D eigenvalue weighted by Gasteiger charge is 2.30. The third-order valence-corrected chi connectivity index (χ3v) is 4.92. The molecule has 2 saturated heterocycles. The molecule has 1 aromatic rings. The summed E-state index contributed by atoms with van der Waals surface area (Å²) >= 11 is 0. The van der Waals surface area contributed by atoms with E-state index in [0.29, 0.717) is 39.3 Å². The Kier molecular flexibility index (Phi) is 5.53. The van der Waals surface area contributed by atoms with Gasteiger partial charge >= 0.3 is 0 Å². The number of benzene rings is 1. The summed E-state index contributed by atoms with van der Waals surface area (Å²) in [7, 11) is 0. The van der Waals surface area contributed by atoms with Gasteiger partial charge in [0, 0.05) is 58.4 Å². The van der Waals surface area contributed by atoms with Gasteiger partial charge in [-0.2, -0.15) is 0 Å². The second-order valence-electron chi connectivity index (χ2n) is 6.61. The molecular weight excluding hydrogens is 323 g/mol. The maximum absolute atomic E-state index is 13.1. The number of piperazine rings is 1. The molecule has 0 radical (unpaired) electrons. The summed E-state index contributed by atoms with van der Waals surface area (Å²) in [6, 6.07) is 6.11. The molecule has 3 rings (SSSR count). The third-order valence-electron chi connectivity index (χ3n) is 4.92. The lowest BCUT2D eigenvalue weighted by Crippen LogP contribution is -2.58. The normalized spacial score (nSPS) is 21.8. The van der Waals surface area contributed by atoms with Crippen molar-refractivity contribution < 1.29 is 14.0 Å². The minimum absolute atomic E-state index is 0.0626. The van der Waals surface area contributed by atoms with E-state index in [1.165, 1.54) is 12.1 Å². The predicted octanol–water partition coefficient (Wildman–Crippen LogP) is 0.685. The highest BCUT2D eigenvalue weighted by molar-refractivity contribution is 5.83. The van der Waals surface area contributed by atoms with Crippen molar-refractivity contribution in [2.24, 2.45) is 0 Å². The van der Waals surface area contributed by atoms with Gasteiger partial charge in [-0.25, -0.2) is 4.39 Å². The van der Waals surface area contributed by atoms with Crippen LogP contribution in [0.2, 0.25) is 0 Å². The average molecular weight is 348 g/mol. The zero-order valence-corrected chi connectivity index (χ0v) is 14.6. The van der Waals surface area contributed by atoms with Crippen LogP contribution < -0.4 is 10.2 Å². The van der Waals surface area contributed by atoms with E-state index in [1.54, 1.807) is 24.0 Å². The number of halogens is 1. The second-order valence-corrected chi connectivity index (χ2v) is 6.61. The minimum Gasteiger partial charge on any atom is -0.368 e. The molecule has 6 nitrogen and oxygen atoms in total. The molecule has 2 aliphatic heterocycles. The molecule has 2 aliphatic rings. The van der Waals surface area contributed by atoms with Crippen LogP contribution in [0.5, 0.6) is 0 Å². The van der Waals surface area contributed by atoms with Crippen LogP contribution in [-0.2, 0) is 9.59 Å². The number of carbonyl (C=O) groups excluding carboxylic acids is 2. The van der Waals surface area contributed by atoms with Crippen LogP contribution in [-0.4, -0.2) is 73.5 Å². The monoisotopic (exact) mass is 348 g/mol. The summed E-state index contributed by atoms with van der Waals surface area (Å²) in [6.45, 7) is 6.19. The summed E-state index contributed by atoms with van der Waals surface area (Å²) < 4.78 is 13.1. The van der Waals surface area contributed by atoms with E-state index in [-0.39, 0.29) is 23.7 Å². The zero-order valence-electron chi connectivity index (χ0n) is 14.6. The average Bonchev–Trinajstić information content (AvgIpc) is 2.88. The second kappa shape index (κ2) is 7.82. The van der Waals surface area contributed by atoms with Crippen molar-refractivity contribution in [1.29, 1.82) is 0 Å². The topological polar surface area (TPSA) is 55.9 Å². The van der Waals surface area contributed by atoms with Crippen LogP contribution in [0.4, 0.5) is 10.1 Å². The van der Waals surface area contributed by atoms with E-state index in [9.17, 15) is 14.0 Å². The van der Waals surface area contributed by atoms with E-state index in [1.807, 2.05) is 4.90 Å². The first-order valence-corrected chi connectivity index (χ1v) is 8.83. The van der Waals surface area contributed by atoms with Crippen molar-refractivity contribution in [3.63, 3.8) is 0 Å². The lowest BCUT2D eigenvalue weighted by molar-refractivity contribution is -0.134. The molecule has 2 fully saturated rings. The molecule has 2 heterocycles. The van der Waals surface area contributed by atoms with Crippen molar-refractivity contribution in [3.05, 3.63) is 30.1 Å². The van der Waals surface area contributed by atoms with Crippen LogP contribution >= 0.6 is 0 Å². The quantitative estimate of drug-likeness (QED) is 0.854. The van der Waals surface area contributed by atoms with E-state index in [0.717, 1.165) is 18.7 Å². The smallest absolute Gasteiger partial charge is 0.241 e. The summed E-state index contributed by atoms with van der Waals surface area (Å²) in [5.74, 6) is -0.115. The van der Waals surface area contributed by atoms with Gasteiger partial charge in [0.1, 0.15) is 11.9 Å². The van der Waals surface area contributed by atoms with Gasteiger partial charge in [-0.1, -0.05) is 0 Å². The van der Waals surface area contributed by atoms with Gasteiger partial charge in [0.05, 0.1) is 0 Å². The number of rotatable bonds is 2. The number of carbonyl (C=O) groups is 2. The van der Waals surface area contributed by atoms with E-state index in [4.69, 9.17) is 0 Å². The van der Waals surface area contributed by atoms with Gasteiger partial charge in [0.25, 0.3) is 0 Å². The van der Waals surface area contributed by atoms with Crippen LogP contribution in [0.25, 0.3) is 0 Å². The molecule has 0 spiro atoms. The molecule has 0 aliphatic carbocycles. The third kappa shape index (κ3) is 4.28. The zero-order chi connectivity index (χ0) is 17.8. The first kappa shape index (κ1) is 17.7. The van der Waals surface area contributed by atoms with Crippen LogP contribution in [0, 0.1) is 5.82 Å². The maximum Gasteiger partial charge on any atom is 0.241 e. The van der Waals surface area contributed by atoms with E-state index in [2.05, 4.69) is 10.2 Å². The van der Waals surface area contributed by atoms with Gasteiger partial charge in [-0.05, 0) is 30.7 Å². The largest absolute Gasteiger partial charge is 0.368 e. The molecule has 7 heteroatoms. The molecule has 2 amide bonds. The lowest BCUT2D eigenvalue weighted by Gasteiger charge is -2.36. The van der Waals surface area contributed by atoms with E-state index >= 15 is 0 Å². The Morgan fingerprint density at radius 1 is 1.04 bits per heavy atom. The molecule has 0 aromatic heterocycles. The molecule has 0 saturated carbocycles. The Morgan fingerprint density at radius 2 is 1.72 bits per heavy atom. The maximum atomic E-state index is 13.1. The first-order valence-electron chi connectivity index (χ1n) is 8.83. The summed E-state index contributed by atoms with van der Waals surface area (Å²) in [6.07, 6.45) is 0.805. The van der Waals surface area contributed by atoms with Gasteiger partial charge in [-0.15, -0.1) is 0 Å². The van der Waals surface area contributed by atoms with Gasteiger partial charge in [-0.3, -0.25) is 9.59 Å². The number of hydrogen-bond acceptors (Lipinski definition) is 4. The Hall–Kier alpha value is -2.15. The predicted molar refractivity (Wildman–Crippen MR) is 93.9 cm³/mol. The van der Waals surface area contributed by atoms with Crippen molar-refractivity contribution in [1.82, 2.24) is 15.1 Å². The SMILES string of the molecule is CC(=O)N1CCCN(C(=O)[C@H]2CN(c3ccc(F)cc3)CCN2)CC1. The molecule has 0 bridgehead atoms. The standard InChI is InChI=1S/C18H25FN4O2/c1-14(24)21-8-2-9-22(12-11-21)18(25)17-13-23(10-7-20-17)16-5-3-15(19)4-6-16/h3-6,17,20H,2,7-13H2,1H3/t17-/m1/s1. The van der Waals surface area contributed by atoms with Crippen molar-refractivity contribution in [3.8, 4) is 0 Å². The van der Waals surface area contributed by atoms with Gasteiger partial charge < -0.3 is 20.0 Å². The number of nitrogens with zero attached hydrogens (tertiary/aromatic N) is 3. The van der Waals surface area contributed by atoms with Crippen molar-refractivity contribution >= 4 is 17.5 Å². The number of amides is 2. The molecule has 1 atom stereocenters. The molecule has 25 heavy (non-hydrogen) atoms. The fraction of sp³-hybridized carbons (Fsp3) is 0.556. The summed E-state index contributed by atoms with van der Waals surface area (Å²) in [5, 5.41) is 3.29. The fourth-order valence-electron chi connectivity index (χ4n) is 3.47. The lowest BCUT2D eigenvalue weighted by atomic mass is 10.1. The van der Waals surface area contributed by atoms with Crippen LogP contribution in [0.15, 0.2) is 24.3 Å². The van der Waals surface area contributed by atoms with Crippen LogP contribution in [0.1, 0.15) is 13.3 Å². The Balaban J connectivity index is 1.61. The Labute approximate surface area is 147 Å². The summed E-state index contributed by atoms with van der Waals surface area (Å²) in [5.41, 5.74) is 0.930. The number of hydrogen-bond donors (Lipinski definition) is 1. The van der Waals surface area contributed by atoms with Gasteiger partial charge in [0.2, 0.25) is 11.8 Å². The molecule has 0 unspecified atom stereocenters. The first-order chi connectivity index (χ1) is 12.0. The van der Waals surface area contributed by atoms with Crippen molar-refractivity contribution in [2.75, 3.05) is 50.7 Å². The molecule has 1 N–H and O–H groups in total. The van der Waals surface area contributed by atoms with Gasteiger partial charge in [0.15, 0.2) is 0 Å². The highest BCUT2D eigenvalue weighted by Crippen LogP contribution is 2.17. The molecule has 1 aromatic carbocycles. The number of nitrogens with one attached hydrogen (secondary N) is 1. The molecular formula is C18H25FN4O2. The Morgan fingerprint density at radius 3 is 2.44 bits per heavy atom. The van der Waals surface area contributed by atoms with Crippen LogP contribution in [0.3, 0.4) is 0 Å². The highest BCUT2D eigenvalue weighted by atomic mass is 19.1. The molecule has 136 valence electrons. The minimum atomic E-state index is -0.275. The van der Waals surface area contributed by atoms with E-state index < -0.39 is 0 Å². The fourth-order valence-corrected chi connectivity index (χ4v) is 3.47.